The summed E-state index contributed by atoms with van der Waals surface area (Å²) in [5, 5.41) is 9.58. The molecule has 1 aromatic carbocycles. The van der Waals surface area contributed by atoms with Crippen LogP contribution in [0.15, 0.2) is 36.7 Å². The molecule has 0 spiro atoms. The molecule has 1 aromatic heterocycles. The van der Waals surface area contributed by atoms with Gasteiger partial charge in [0.25, 0.3) is 5.91 Å². The van der Waals surface area contributed by atoms with Crippen LogP contribution in [0.3, 0.4) is 0 Å². The number of hydrogen-bond donors (Lipinski definition) is 1. The number of amides is 1. The predicted molar refractivity (Wildman–Crippen MR) is 92.6 cm³/mol. The third kappa shape index (κ3) is 3.40. The minimum absolute atomic E-state index is 0.0941. The van der Waals surface area contributed by atoms with Crippen molar-refractivity contribution >= 4 is 17.4 Å². The number of rotatable bonds is 3. The Bertz CT molecular complexity index is 709. The molecule has 0 unspecified atom stereocenters. The van der Waals surface area contributed by atoms with Gasteiger partial charge in [0, 0.05) is 52.0 Å². The molecule has 1 N–H and O–H groups in total. The van der Waals surface area contributed by atoms with Crippen molar-refractivity contribution < 1.29 is 9.90 Å². The second-order valence-corrected chi connectivity index (χ2v) is 5.95. The van der Waals surface area contributed by atoms with Crippen molar-refractivity contribution in [3.63, 3.8) is 0 Å². The van der Waals surface area contributed by atoms with Crippen LogP contribution >= 0.6 is 0 Å². The van der Waals surface area contributed by atoms with E-state index in [-0.39, 0.29) is 11.7 Å². The molecule has 1 amide bonds. The van der Waals surface area contributed by atoms with E-state index in [1.807, 2.05) is 31.1 Å². The van der Waals surface area contributed by atoms with Crippen LogP contribution < -0.4 is 9.80 Å². The first-order valence-corrected chi connectivity index (χ1v) is 7.87. The van der Waals surface area contributed by atoms with Crippen LogP contribution in [0, 0.1) is 0 Å². The summed E-state index contributed by atoms with van der Waals surface area (Å²) in [6, 6.07) is 7.18. The van der Waals surface area contributed by atoms with Crippen molar-refractivity contribution in [1.29, 1.82) is 0 Å². The van der Waals surface area contributed by atoms with Gasteiger partial charge in [-0.1, -0.05) is 6.07 Å². The maximum atomic E-state index is 12.5. The maximum Gasteiger partial charge on any atom is 0.274 e. The van der Waals surface area contributed by atoms with E-state index in [9.17, 15) is 9.90 Å². The number of carbonyl (C=O) groups excluding carboxylic acids is 1. The Kier molecular flexibility index (Phi) is 4.50. The highest BCUT2D eigenvalue weighted by Gasteiger charge is 2.23. The highest BCUT2D eigenvalue weighted by molar-refractivity contribution is 5.92. The smallest absolute Gasteiger partial charge is 0.274 e. The summed E-state index contributed by atoms with van der Waals surface area (Å²) in [5.41, 5.74) is 1.34. The van der Waals surface area contributed by atoms with Gasteiger partial charge in [0.2, 0.25) is 0 Å². The molecular weight excluding hydrogens is 306 g/mol. The number of anilines is 2. The first kappa shape index (κ1) is 16.0. The summed E-state index contributed by atoms with van der Waals surface area (Å²) >= 11 is 0. The highest BCUT2D eigenvalue weighted by Crippen LogP contribution is 2.21. The lowest BCUT2D eigenvalue weighted by molar-refractivity contribution is 0.0740. The Morgan fingerprint density at radius 3 is 2.46 bits per heavy atom. The summed E-state index contributed by atoms with van der Waals surface area (Å²) in [6.07, 6.45) is 3.13. The molecule has 2 heterocycles. The molecule has 0 atom stereocenters. The van der Waals surface area contributed by atoms with E-state index in [1.54, 1.807) is 23.2 Å². The lowest BCUT2D eigenvalue weighted by atomic mass is 10.2. The van der Waals surface area contributed by atoms with Gasteiger partial charge in [-0.25, -0.2) is 9.97 Å². The van der Waals surface area contributed by atoms with Gasteiger partial charge in [-0.15, -0.1) is 0 Å². The predicted octanol–water partition coefficient (Wildman–Crippen LogP) is 1.21. The first-order chi connectivity index (χ1) is 11.5. The van der Waals surface area contributed by atoms with Gasteiger partial charge < -0.3 is 19.8 Å². The summed E-state index contributed by atoms with van der Waals surface area (Å²) in [6.45, 7) is 2.67. The zero-order chi connectivity index (χ0) is 17.1. The fourth-order valence-corrected chi connectivity index (χ4v) is 2.68. The molecule has 7 nitrogen and oxygen atoms in total. The Morgan fingerprint density at radius 1 is 1.12 bits per heavy atom. The maximum absolute atomic E-state index is 12.5. The molecule has 0 aliphatic carbocycles. The van der Waals surface area contributed by atoms with Gasteiger partial charge >= 0.3 is 0 Å². The number of piperazine rings is 1. The molecule has 7 heteroatoms. The third-order valence-electron chi connectivity index (χ3n) is 4.08. The van der Waals surface area contributed by atoms with Gasteiger partial charge in [-0.2, -0.15) is 0 Å². The average Bonchev–Trinajstić information content (AvgIpc) is 2.61. The molecule has 1 aliphatic rings. The molecular formula is C17H21N5O2. The molecule has 1 aliphatic heterocycles. The highest BCUT2D eigenvalue weighted by atomic mass is 16.3. The Hall–Kier alpha value is -2.83. The van der Waals surface area contributed by atoms with Crippen LogP contribution in [0.5, 0.6) is 5.75 Å². The summed E-state index contributed by atoms with van der Waals surface area (Å²) in [5.74, 6) is 0.880. The number of nitrogens with zero attached hydrogens (tertiary/aromatic N) is 5. The quantitative estimate of drug-likeness (QED) is 0.913. The van der Waals surface area contributed by atoms with Crippen molar-refractivity contribution in [2.75, 3.05) is 50.1 Å². The minimum Gasteiger partial charge on any atom is -0.508 e. The standard InChI is InChI=1S/C17H21N5O2/c1-20(2)16-12-18-15(11-19-16)17(24)22-8-6-21(7-9-22)13-4-3-5-14(23)10-13/h3-5,10-12,23H,6-9H2,1-2H3. The van der Waals surface area contributed by atoms with E-state index in [0.29, 0.717) is 18.8 Å². The van der Waals surface area contributed by atoms with Crippen molar-refractivity contribution in [1.82, 2.24) is 14.9 Å². The topological polar surface area (TPSA) is 72.8 Å². The molecule has 126 valence electrons. The van der Waals surface area contributed by atoms with Gasteiger partial charge in [0.15, 0.2) is 0 Å². The monoisotopic (exact) mass is 327 g/mol. The molecule has 0 radical (unpaired) electrons. The molecule has 1 fully saturated rings. The van der Waals surface area contributed by atoms with Crippen molar-refractivity contribution in [2.45, 2.75) is 0 Å². The van der Waals surface area contributed by atoms with Crippen LogP contribution in [-0.2, 0) is 0 Å². The molecule has 2 aromatic rings. The fraction of sp³-hybridized carbons (Fsp3) is 0.353. The number of benzene rings is 1. The molecule has 1 saturated heterocycles. The zero-order valence-electron chi connectivity index (χ0n) is 13.9. The van der Waals surface area contributed by atoms with Gasteiger partial charge in [0.1, 0.15) is 17.3 Å². The van der Waals surface area contributed by atoms with E-state index in [2.05, 4.69) is 14.9 Å². The number of carbonyl (C=O) groups is 1. The largest absolute Gasteiger partial charge is 0.508 e. The zero-order valence-corrected chi connectivity index (χ0v) is 13.9. The van der Waals surface area contributed by atoms with E-state index in [4.69, 9.17) is 0 Å². The van der Waals surface area contributed by atoms with E-state index in [1.165, 1.54) is 6.20 Å². The number of phenolic OH excluding ortho intramolecular Hbond substituents is 1. The number of hydrogen-bond acceptors (Lipinski definition) is 6. The van der Waals surface area contributed by atoms with Gasteiger partial charge in [-0.05, 0) is 12.1 Å². The van der Waals surface area contributed by atoms with Crippen LogP contribution in [0.2, 0.25) is 0 Å². The van der Waals surface area contributed by atoms with Gasteiger partial charge in [-0.3, -0.25) is 4.79 Å². The lowest BCUT2D eigenvalue weighted by Crippen LogP contribution is -2.49. The Labute approximate surface area is 141 Å². The van der Waals surface area contributed by atoms with E-state index < -0.39 is 0 Å². The lowest BCUT2D eigenvalue weighted by Gasteiger charge is -2.36. The normalized spacial score (nSPS) is 14.6. The molecule has 3 rings (SSSR count). The summed E-state index contributed by atoms with van der Waals surface area (Å²) < 4.78 is 0. The van der Waals surface area contributed by atoms with Crippen molar-refractivity contribution in [2.24, 2.45) is 0 Å². The minimum atomic E-state index is -0.0941. The van der Waals surface area contributed by atoms with Crippen LogP contribution in [0.1, 0.15) is 10.5 Å². The number of phenols is 1. The molecule has 0 bridgehead atoms. The van der Waals surface area contributed by atoms with E-state index >= 15 is 0 Å². The molecule has 24 heavy (non-hydrogen) atoms. The van der Waals surface area contributed by atoms with Crippen LogP contribution in [0.25, 0.3) is 0 Å². The first-order valence-electron chi connectivity index (χ1n) is 7.87. The number of aromatic hydroxyl groups is 1. The second kappa shape index (κ2) is 6.74. The summed E-state index contributed by atoms with van der Waals surface area (Å²) in [7, 11) is 3.76. The van der Waals surface area contributed by atoms with Crippen LogP contribution in [-0.4, -0.2) is 66.2 Å². The van der Waals surface area contributed by atoms with E-state index in [0.717, 1.165) is 24.6 Å². The summed E-state index contributed by atoms with van der Waals surface area (Å²) in [4.78, 5) is 26.8. The SMILES string of the molecule is CN(C)c1cnc(C(=O)N2CCN(c3cccc(O)c3)CC2)cn1. The fourth-order valence-electron chi connectivity index (χ4n) is 2.68. The van der Waals surface area contributed by atoms with Crippen LogP contribution in [0.4, 0.5) is 11.5 Å². The van der Waals surface area contributed by atoms with Gasteiger partial charge in [0.05, 0.1) is 12.4 Å². The Balaban J connectivity index is 1.62. The van der Waals surface area contributed by atoms with Crippen molar-refractivity contribution in [3.05, 3.63) is 42.4 Å². The van der Waals surface area contributed by atoms with Crippen molar-refractivity contribution in [3.8, 4) is 5.75 Å². The Morgan fingerprint density at radius 2 is 1.88 bits per heavy atom. The third-order valence-corrected chi connectivity index (χ3v) is 4.08. The second-order valence-electron chi connectivity index (χ2n) is 5.95. The number of aromatic nitrogens is 2. The average molecular weight is 327 g/mol. The molecule has 0 saturated carbocycles.